The largest absolute Gasteiger partial charge is 0.316 e. The first-order valence-corrected chi connectivity index (χ1v) is 13.4. The normalized spacial score (nSPS) is 18.3. The first-order chi connectivity index (χ1) is 15.3. The van der Waals surface area contributed by atoms with Gasteiger partial charge in [-0.05, 0) is 68.0 Å². The maximum absolute atomic E-state index is 13.0. The van der Waals surface area contributed by atoms with Crippen molar-refractivity contribution in [1.29, 1.82) is 0 Å². The van der Waals surface area contributed by atoms with Crippen molar-refractivity contribution in [3.63, 3.8) is 0 Å². The summed E-state index contributed by atoms with van der Waals surface area (Å²) in [6, 6.07) is 12.4. The lowest BCUT2D eigenvalue weighted by molar-refractivity contribution is 0.0997. The first kappa shape index (κ1) is 22.9. The Morgan fingerprint density at radius 1 is 1.16 bits per heavy atom. The fourth-order valence-electron chi connectivity index (χ4n) is 4.30. The number of carbonyl (C=O) groups excluding carboxylic acids is 1. The van der Waals surface area contributed by atoms with E-state index in [1.807, 2.05) is 13.0 Å². The van der Waals surface area contributed by atoms with E-state index < -0.39 is 10.0 Å². The molecule has 0 N–H and O–H groups in total. The number of sulfonamides is 1. The lowest BCUT2D eigenvalue weighted by atomic mass is 10.0. The van der Waals surface area contributed by atoms with Gasteiger partial charge in [0, 0.05) is 25.2 Å². The minimum absolute atomic E-state index is 0.223. The summed E-state index contributed by atoms with van der Waals surface area (Å²) < 4.78 is 30.7. The molecule has 4 rings (SSSR count). The van der Waals surface area contributed by atoms with Gasteiger partial charge in [-0.2, -0.15) is 9.30 Å². The second kappa shape index (κ2) is 9.29. The first-order valence-electron chi connectivity index (χ1n) is 11.2. The van der Waals surface area contributed by atoms with Crippen LogP contribution in [0.1, 0.15) is 49.5 Å². The molecule has 1 saturated heterocycles. The van der Waals surface area contributed by atoms with E-state index >= 15 is 0 Å². The van der Waals surface area contributed by atoms with E-state index in [9.17, 15) is 13.2 Å². The molecule has 0 bridgehead atoms. The highest BCUT2D eigenvalue weighted by Crippen LogP contribution is 2.24. The summed E-state index contributed by atoms with van der Waals surface area (Å²) in [6.07, 6.45) is 2.84. The highest BCUT2D eigenvalue weighted by molar-refractivity contribution is 7.89. The van der Waals surface area contributed by atoms with E-state index in [0.717, 1.165) is 29.5 Å². The zero-order chi connectivity index (χ0) is 22.9. The number of amides is 1. The number of piperidine rings is 1. The van der Waals surface area contributed by atoms with E-state index in [-0.39, 0.29) is 10.8 Å². The molecule has 2 aromatic carbocycles. The van der Waals surface area contributed by atoms with Crippen molar-refractivity contribution in [2.24, 2.45) is 10.9 Å². The molecule has 3 aromatic rings. The standard InChI is InChI=1S/C24H29N3O3S2/c1-4-18-9-6-10-21-22(18)27(5-2)24(31-21)25-23(28)19-11-13-20(14-12-19)32(29,30)26-15-7-8-17(3)16-26/h6,9-14,17H,4-5,7-8,15-16H2,1-3H3. The molecule has 170 valence electrons. The molecule has 1 aliphatic heterocycles. The molecule has 0 spiro atoms. The maximum Gasteiger partial charge on any atom is 0.279 e. The van der Waals surface area contributed by atoms with Gasteiger partial charge in [0.2, 0.25) is 10.0 Å². The molecular weight excluding hydrogens is 442 g/mol. The summed E-state index contributed by atoms with van der Waals surface area (Å²) in [5.74, 6) is -0.00896. The Kier molecular flexibility index (Phi) is 6.65. The van der Waals surface area contributed by atoms with Crippen LogP contribution in [0.25, 0.3) is 10.2 Å². The average Bonchev–Trinajstić information content (AvgIpc) is 3.16. The number of hydrogen-bond acceptors (Lipinski definition) is 4. The zero-order valence-electron chi connectivity index (χ0n) is 18.7. The number of benzene rings is 2. The van der Waals surface area contributed by atoms with Gasteiger partial charge in [-0.25, -0.2) is 8.42 Å². The molecule has 1 amide bonds. The predicted molar refractivity (Wildman–Crippen MR) is 128 cm³/mol. The van der Waals surface area contributed by atoms with Crippen LogP contribution >= 0.6 is 11.3 Å². The van der Waals surface area contributed by atoms with Crippen LogP contribution in [0.2, 0.25) is 0 Å². The fraction of sp³-hybridized carbons (Fsp3) is 0.417. The van der Waals surface area contributed by atoms with Gasteiger partial charge in [0.15, 0.2) is 4.80 Å². The molecule has 32 heavy (non-hydrogen) atoms. The number of aryl methyl sites for hydroxylation is 2. The van der Waals surface area contributed by atoms with Crippen molar-refractivity contribution in [3.8, 4) is 0 Å². The van der Waals surface area contributed by atoms with Crippen LogP contribution in [0.15, 0.2) is 52.4 Å². The second-order valence-corrected chi connectivity index (χ2v) is 11.2. The average molecular weight is 472 g/mol. The van der Waals surface area contributed by atoms with Crippen molar-refractivity contribution < 1.29 is 13.2 Å². The van der Waals surface area contributed by atoms with E-state index in [1.54, 1.807) is 16.4 Å². The molecule has 0 radical (unpaired) electrons. The van der Waals surface area contributed by atoms with Crippen LogP contribution in [-0.2, 0) is 23.0 Å². The van der Waals surface area contributed by atoms with E-state index in [4.69, 9.17) is 0 Å². The van der Waals surface area contributed by atoms with Crippen LogP contribution in [0.4, 0.5) is 0 Å². The van der Waals surface area contributed by atoms with Crippen molar-refractivity contribution >= 4 is 37.5 Å². The summed E-state index contributed by atoms with van der Waals surface area (Å²) in [5, 5.41) is 0. The summed E-state index contributed by atoms with van der Waals surface area (Å²) in [6.45, 7) is 8.05. The summed E-state index contributed by atoms with van der Waals surface area (Å²) in [5.41, 5.74) is 2.74. The van der Waals surface area contributed by atoms with E-state index in [0.29, 0.717) is 35.9 Å². The van der Waals surface area contributed by atoms with Crippen LogP contribution in [0.5, 0.6) is 0 Å². The molecule has 0 saturated carbocycles. The van der Waals surface area contributed by atoms with Gasteiger partial charge in [0.05, 0.1) is 15.1 Å². The third-order valence-corrected chi connectivity index (χ3v) is 8.96. The summed E-state index contributed by atoms with van der Waals surface area (Å²) >= 11 is 1.50. The number of fused-ring (bicyclic) bond motifs is 1. The van der Waals surface area contributed by atoms with E-state index in [1.165, 1.54) is 29.0 Å². The Morgan fingerprint density at radius 2 is 1.91 bits per heavy atom. The quantitative estimate of drug-likeness (QED) is 0.552. The van der Waals surface area contributed by atoms with Gasteiger partial charge in [0.25, 0.3) is 5.91 Å². The second-order valence-electron chi connectivity index (χ2n) is 8.30. The minimum atomic E-state index is -3.54. The van der Waals surface area contributed by atoms with Gasteiger partial charge >= 0.3 is 0 Å². The Bertz CT molecular complexity index is 1300. The Labute approximate surface area is 193 Å². The van der Waals surface area contributed by atoms with Crippen molar-refractivity contribution in [3.05, 3.63) is 58.4 Å². The number of aromatic nitrogens is 1. The van der Waals surface area contributed by atoms with Gasteiger partial charge in [-0.3, -0.25) is 4.79 Å². The van der Waals surface area contributed by atoms with Gasteiger partial charge in [-0.1, -0.05) is 37.3 Å². The molecule has 1 unspecified atom stereocenters. The number of carbonyl (C=O) groups is 1. The predicted octanol–water partition coefficient (Wildman–Crippen LogP) is 4.45. The number of thiazole rings is 1. The van der Waals surface area contributed by atoms with Crippen LogP contribution < -0.4 is 4.80 Å². The summed E-state index contributed by atoms with van der Waals surface area (Å²) in [4.78, 5) is 18.2. The van der Waals surface area contributed by atoms with Crippen LogP contribution in [0, 0.1) is 5.92 Å². The monoisotopic (exact) mass is 471 g/mol. The number of hydrogen-bond donors (Lipinski definition) is 0. The van der Waals surface area contributed by atoms with Gasteiger partial charge in [0.1, 0.15) is 0 Å². The molecule has 0 aliphatic carbocycles. The third kappa shape index (κ3) is 4.31. The molecule has 2 heterocycles. The SMILES string of the molecule is CCc1cccc2sc(=NC(=O)c3ccc(S(=O)(=O)N4CCCC(C)C4)cc3)n(CC)c12. The number of para-hydroxylation sites is 1. The highest BCUT2D eigenvalue weighted by atomic mass is 32.2. The van der Waals surface area contributed by atoms with Crippen molar-refractivity contribution in [2.45, 2.75) is 51.5 Å². The molecule has 8 heteroatoms. The van der Waals surface area contributed by atoms with Gasteiger partial charge in [-0.15, -0.1) is 0 Å². The van der Waals surface area contributed by atoms with Crippen LogP contribution in [-0.4, -0.2) is 36.3 Å². The maximum atomic E-state index is 13.0. The van der Waals surface area contributed by atoms with Crippen molar-refractivity contribution in [2.75, 3.05) is 13.1 Å². The number of rotatable bonds is 5. The molecular formula is C24H29N3O3S2. The zero-order valence-corrected chi connectivity index (χ0v) is 20.4. The Morgan fingerprint density at radius 3 is 2.56 bits per heavy atom. The van der Waals surface area contributed by atoms with E-state index in [2.05, 4.69) is 35.5 Å². The number of nitrogens with zero attached hydrogens (tertiary/aromatic N) is 3. The Balaban J connectivity index is 1.64. The minimum Gasteiger partial charge on any atom is -0.316 e. The van der Waals surface area contributed by atoms with Gasteiger partial charge < -0.3 is 4.57 Å². The topological polar surface area (TPSA) is 71.7 Å². The Hall–Kier alpha value is -2.29. The molecule has 1 aromatic heterocycles. The molecule has 1 atom stereocenters. The molecule has 6 nitrogen and oxygen atoms in total. The fourth-order valence-corrected chi connectivity index (χ4v) is 7.04. The third-order valence-electron chi connectivity index (χ3n) is 6.04. The highest BCUT2D eigenvalue weighted by Gasteiger charge is 2.28. The smallest absolute Gasteiger partial charge is 0.279 e. The lowest BCUT2D eigenvalue weighted by Gasteiger charge is -2.30. The van der Waals surface area contributed by atoms with Crippen LogP contribution in [0.3, 0.4) is 0 Å². The summed E-state index contributed by atoms with van der Waals surface area (Å²) in [7, 11) is -3.54. The molecule has 1 aliphatic rings. The van der Waals surface area contributed by atoms with Crippen molar-refractivity contribution in [1.82, 2.24) is 8.87 Å². The molecule has 1 fully saturated rings. The lowest BCUT2D eigenvalue weighted by Crippen LogP contribution is -2.39.